The number of carboxylic acid groups (broad SMARTS) is 2. The van der Waals surface area contributed by atoms with Crippen LogP contribution in [0.25, 0.3) is 0 Å². The van der Waals surface area contributed by atoms with Crippen LogP contribution in [0.4, 0.5) is 0 Å². The summed E-state index contributed by atoms with van der Waals surface area (Å²) in [4.78, 5) is 46.0. The van der Waals surface area contributed by atoms with Crippen LogP contribution in [0, 0.1) is 0 Å². The Morgan fingerprint density at radius 3 is 1.28 bits per heavy atom. The van der Waals surface area contributed by atoms with Crippen LogP contribution in [0.2, 0.25) is 0 Å². The Morgan fingerprint density at radius 1 is 0.642 bits per heavy atom. The first-order chi connectivity index (χ1) is 25.1. The van der Waals surface area contributed by atoms with Gasteiger partial charge in [-0.05, 0) is 112 Å². The van der Waals surface area contributed by atoms with Crippen molar-refractivity contribution < 1.29 is 57.8 Å². The number of benzene rings is 2. The molecule has 0 aliphatic carbocycles. The van der Waals surface area contributed by atoms with Gasteiger partial charge in [-0.2, -0.15) is 23.5 Å². The second-order valence-corrected chi connectivity index (χ2v) is 16.8. The van der Waals surface area contributed by atoms with Gasteiger partial charge >= 0.3 is 23.9 Å². The maximum Gasteiger partial charge on any atom is 0.331 e. The van der Waals surface area contributed by atoms with Gasteiger partial charge in [0.2, 0.25) is 0 Å². The van der Waals surface area contributed by atoms with Crippen molar-refractivity contribution in [2.45, 2.75) is 31.5 Å². The first-order valence-electron chi connectivity index (χ1n) is 15.7. The Kier molecular flexibility index (Phi) is 21.7. The summed E-state index contributed by atoms with van der Waals surface area (Å²) in [7, 11) is 0. The lowest BCUT2D eigenvalue weighted by Gasteiger charge is -2.29. The highest BCUT2D eigenvalue weighted by Crippen LogP contribution is 2.44. The van der Waals surface area contributed by atoms with E-state index in [0.29, 0.717) is 54.8 Å². The number of aliphatic carboxylic acids is 2. The molecule has 0 aromatic heterocycles. The van der Waals surface area contributed by atoms with Gasteiger partial charge < -0.3 is 38.6 Å². The summed E-state index contributed by atoms with van der Waals surface area (Å²) < 4.78 is 36.7. The van der Waals surface area contributed by atoms with Crippen LogP contribution in [-0.2, 0) is 43.5 Å². The highest BCUT2D eigenvalue weighted by atomic mass is 79.9. The molecule has 0 fully saturated rings. The molecule has 0 radical (unpaired) electrons. The third-order valence-corrected chi connectivity index (χ3v) is 10.5. The molecular weight excluding hydrogens is 996 g/mol. The molecule has 0 aliphatic heterocycles. The van der Waals surface area contributed by atoms with Crippen molar-refractivity contribution in [3.05, 3.63) is 77.6 Å². The fraction of sp³-hybridized carbons (Fsp3) is 0.429. The number of rotatable bonds is 24. The zero-order chi connectivity index (χ0) is 39.6. The van der Waals surface area contributed by atoms with Crippen molar-refractivity contribution in [3.63, 3.8) is 0 Å². The topological polar surface area (TPSA) is 164 Å². The van der Waals surface area contributed by atoms with Crippen molar-refractivity contribution in [2.75, 3.05) is 63.7 Å². The van der Waals surface area contributed by atoms with E-state index in [1.54, 1.807) is 23.5 Å². The zero-order valence-electron chi connectivity index (χ0n) is 29.2. The number of carbonyl (C=O) groups is 4. The van der Waals surface area contributed by atoms with E-state index < -0.39 is 41.5 Å². The van der Waals surface area contributed by atoms with Crippen molar-refractivity contribution >= 4 is 111 Å². The van der Waals surface area contributed by atoms with Gasteiger partial charge in [0.05, 0.1) is 44.3 Å². The molecule has 2 aromatic rings. The van der Waals surface area contributed by atoms with Gasteiger partial charge in [-0.3, -0.25) is 0 Å². The van der Waals surface area contributed by atoms with Crippen LogP contribution in [0.15, 0.2) is 66.5 Å². The van der Waals surface area contributed by atoms with Crippen molar-refractivity contribution in [3.8, 4) is 11.5 Å². The Hall–Kier alpha value is -2.06. The number of hydrogen-bond acceptors (Lipinski definition) is 12. The predicted octanol–water partition coefficient (Wildman–Crippen LogP) is 7.68. The number of hydrogen-bond donors (Lipinski definition) is 2. The molecule has 2 N–H and O–H groups in total. The molecule has 292 valence electrons. The van der Waals surface area contributed by atoms with E-state index in [2.05, 4.69) is 77.6 Å². The molecule has 0 amide bonds. The largest absolute Gasteiger partial charge is 0.487 e. The van der Waals surface area contributed by atoms with E-state index in [9.17, 15) is 19.2 Å². The summed E-state index contributed by atoms with van der Waals surface area (Å²) >= 11 is 17.7. The maximum atomic E-state index is 12.2. The highest BCUT2D eigenvalue weighted by Gasteiger charge is 2.28. The van der Waals surface area contributed by atoms with E-state index in [1.807, 2.05) is 36.8 Å². The molecule has 0 spiro atoms. The van der Waals surface area contributed by atoms with Crippen molar-refractivity contribution in [1.82, 2.24) is 0 Å². The molecule has 2 aromatic carbocycles. The van der Waals surface area contributed by atoms with E-state index in [4.69, 9.17) is 38.6 Å². The number of esters is 2. The smallest absolute Gasteiger partial charge is 0.331 e. The predicted molar refractivity (Wildman–Crippen MR) is 219 cm³/mol. The molecule has 0 bridgehead atoms. The van der Waals surface area contributed by atoms with Crippen LogP contribution in [-0.4, -0.2) is 110 Å². The number of ether oxygens (including phenoxy) is 6. The minimum Gasteiger partial charge on any atom is -0.487 e. The molecule has 0 heterocycles. The fourth-order valence-electron chi connectivity index (χ4n) is 4.27. The van der Waals surface area contributed by atoms with Crippen LogP contribution in [0.1, 0.15) is 25.0 Å². The molecule has 0 saturated carbocycles. The molecule has 18 heteroatoms. The fourth-order valence-corrected chi connectivity index (χ4v) is 7.67. The Balaban J connectivity index is 2.24. The average Bonchev–Trinajstić information content (AvgIpc) is 3.08. The second kappa shape index (κ2) is 24.5. The van der Waals surface area contributed by atoms with Gasteiger partial charge in [-0.15, -0.1) is 0 Å². The van der Waals surface area contributed by atoms with E-state index >= 15 is 0 Å². The normalized spacial score (nSPS) is 12.8. The Morgan fingerprint density at radius 2 is 0.981 bits per heavy atom. The Labute approximate surface area is 350 Å². The van der Waals surface area contributed by atoms with Crippen LogP contribution in [0.5, 0.6) is 11.5 Å². The summed E-state index contributed by atoms with van der Waals surface area (Å²) in [6.07, 6.45) is 5.34. The SMILES string of the molecule is CSCCOCC(COc1c(Br)cc(C(C)(C)c2cc(Br)c(OCC(COCCSC)OC(=O)C=CC(=O)O)c(Br)c2)cc1Br)OC(=O)C=CC(=O)O. The summed E-state index contributed by atoms with van der Waals surface area (Å²) in [5.74, 6) is -1.77. The lowest BCUT2D eigenvalue weighted by Crippen LogP contribution is -2.30. The molecule has 12 nitrogen and oxygen atoms in total. The second-order valence-electron chi connectivity index (χ2n) is 11.4. The minimum atomic E-state index is -1.27. The van der Waals surface area contributed by atoms with E-state index in [0.717, 1.165) is 34.8 Å². The summed E-state index contributed by atoms with van der Waals surface area (Å²) in [5, 5.41) is 17.7. The van der Waals surface area contributed by atoms with E-state index in [1.165, 1.54) is 0 Å². The zero-order valence-corrected chi connectivity index (χ0v) is 37.2. The molecule has 2 atom stereocenters. The van der Waals surface area contributed by atoms with E-state index in [-0.39, 0.29) is 26.4 Å². The van der Waals surface area contributed by atoms with Gasteiger partial charge in [0.15, 0.2) is 12.2 Å². The first kappa shape index (κ1) is 47.1. The minimum absolute atomic E-state index is 0.0545. The maximum absolute atomic E-state index is 12.2. The molecular formula is C35H40Br4O12S2. The van der Waals surface area contributed by atoms with Gasteiger partial charge in [0.1, 0.15) is 24.7 Å². The lowest BCUT2D eigenvalue weighted by atomic mass is 9.78. The monoisotopic (exact) mass is 1030 g/mol. The number of thioether (sulfide) groups is 2. The molecule has 0 aliphatic rings. The average molecular weight is 1040 g/mol. The third kappa shape index (κ3) is 17.1. The van der Waals surface area contributed by atoms with Gasteiger partial charge in [-0.1, -0.05) is 13.8 Å². The first-order valence-corrected chi connectivity index (χ1v) is 21.7. The summed E-state index contributed by atoms with van der Waals surface area (Å²) in [6, 6.07) is 7.69. The molecule has 53 heavy (non-hydrogen) atoms. The van der Waals surface area contributed by atoms with Gasteiger partial charge in [-0.25, -0.2) is 19.2 Å². The highest BCUT2D eigenvalue weighted by molar-refractivity contribution is 9.11. The van der Waals surface area contributed by atoms with Crippen molar-refractivity contribution in [2.24, 2.45) is 0 Å². The quantitative estimate of drug-likeness (QED) is 0.0598. The van der Waals surface area contributed by atoms with Crippen LogP contribution < -0.4 is 9.47 Å². The number of carbonyl (C=O) groups excluding carboxylic acids is 2. The Bertz CT molecular complexity index is 1460. The number of halogens is 4. The molecule has 0 saturated heterocycles. The summed E-state index contributed by atoms with van der Waals surface area (Å²) in [5.41, 5.74) is 1.29. The van der Waals surface area contributed by atoms with Crippen molar-refractivity contribution in [1.29, 1.82) is 0 Å². The van der Waals surface area contributed by atoms with Crippen LogP contribution >= 0.6 is 87.2 Å². The molecule has 2 unspecified atom stereocenters. The molecule has 2 rings (SSSR count). The standard InChI is InChI=1S/C35H40Br4O12S2/c1-35(2,21-13-25(36)33(26(37)14-21)48-19-23(17-46-9-11-52-3)50-31(44)7-5-29(40)41)22-15-27(38)34(28(39)16-22)49-20-24(18-47-10-12-53-4)51-32(45)8-6-30(42)43/h5-8,13-16,23-24H,9-12,17-20H2,1-4H3,(H,40,41)(H,42,43). The van der Waals surface area contributed by atoms with Crippen LogP contribution in [0.3, 0.4) is 0 Å². The van der Waals surface area contributed by atoms with Gasteiger partial charge in [0.25, 0.3) is 0 Å². The van der Waals surface area contributed by atoms with Gasteiger partial charge in [0, 0.05) is 41.2 Å². The number of carboxylic acids is 2. The third-order valence-electron chi connectivity index (χ3n) is 7.03. The summed E-state index contributed by atoms with van der Waals surface area (Å²) in [6.45, 7) is 4.97. The lowest BCUT2D eigenvalue weighted by molar-refractivity contribution is -0.148.